The van der Waals surface area contributed by atoms with E-state index in [0.717, 1.165) is 27.8 Å². The molecule has 202 valence electrons. The molecule has 0 aromatic heterocycles. The molecule has 7 nitrogen and oxygen atoms in total. The Hall–Kier alpha value is -3.27. The van der Waals surface area contributed by atoms with Gasteiger partial charge in [0.1, 0.15) is 13.2 Å². The van der Waals surface area contributed by atoms with Crippen molar-refractivity contribution in [1.82, 2.24) is 4.90 Å². The zero-order chi connectivity index (χ0) is 28.1. The molecule has 4 rings (SSSR count). The van der Waals surface area contributed by atoms with E-state index in [2.05, 4.69) is 35.1 Å². The first kappa shape index (κ1) is 28.7. The lowest BCUT2D eigenvalue weighted by Crippen LogP contribution is -2.36. The van der Waals surface area contributed by atoms with E-state index in [0.29, 0.717) is 38.2 Å². The van der Waals surface area contributed by atoms with Crippen molar-refractivity contribution in [2.75, 3.05) is 19.0 Å². The molecule has 1 aliphatic heterocycles. The van der Waals surface area contributed by atoms with Crippen molar-refractivity contribution < 1.29 is 23.9 Å². The van der Waals surface area contributed by atoms with Gasteiger partial charge in [-0.3, -0.25) is 19.3 Å². The number of imide groups is 1. The Morgan fingerprint density at radius 2 is 1.85 bits per heavy atom. The summed E-state index contributed by atoms with van der Waals surface area (Å²) in [6, 6.07) is 18.3. The Balaban J connectivity index is 1.45. The minimum absolute atomic E-state index is 0.202. The number of ether oxygens (including phenoxy) is 2. The zero-order valence-electron chi connectivity index (χ0n) is 21.5. The highest BCUT2D eigenvalue weighted by atomic mass is 79.9. The first-order valence-electron chi connectivity index (χ1n) is 12.0. The van der Waals surface area contributed by atoms with Crippen LogP contribution in [0.15, 0.2) is 70.0 Å². The summed E-state index contributed by atoms with van der Waals surface area (Å²) in [7, 11) is 1.51. The first-order valence-corrected chi connectivity index (χ1v) is 14.0. The normalized spacial score (nSPS) is 14.3. The number of halogens is 2. The van der Waals surface area contributed by atoms with Gasteiger partial charge in [-0.15, -0.1) is 0 Å². The molecule has 0 atom stereocenters. The molecule has 39 heavy (non-hydrogen) atoms. The molecule has 0 saturated carbocycles. The van der Waals surface area contributed by atoms with E-state index >= 15 is 0 Å². The lowest BCUT2D eigenvalue weighted by atomic mass is 10.0. The van der Waals surface area contributed by atoms with Crippen molar-refractivity contribution in [2.45, 2.75) is 26.4 Å². The summed E-state index contributed by atoms with van der Waals surface area (Å²) in [6.45, 7) is 4.02. The van der Waals surface area contributed by atoms with E-state index in [9.17, 15) is 14.4 Å². The van der Waals surface area contributed by atoms with Crippen LogP contribution in [-0.4, -0.2) is 35.6 Å². The van der Waals surface area contributed by atoms with Crippen LogP contribution >= 0.6 is 39.3 Å². The number of hydrogen-bond donors (Lipinski definition) is 1. The number of rotatable bonds is 9. The smallest absolute Gasteiger partial charge is 0.294 e. The maximum absolute atomic E-state index is 13.0. The maximum Gasteiger partial charge on any atom is 0.294 e. The number of thioether (sulfide) groups is 1. The van der Waals surface area contributed by atoms with Gasteiger partial charge in [0.25, 0.3) is 11.1 Å². The molecule has 0 radical (unpaired) electrons. The van der Waals surface area contributed by atoms with Crippen LogP contribution in [0.25, 0.3) is 6.08 Å². The Labute approximate surface area is 244 Å². The summed E-state index contributed by atoms with van der Waals surface area (Å²) in [5, 5.41) is 2.82. The van der Waals surface area contributed by atoms with Gasteiger partial charge in [0.15, 0.2) is 11.5 Å². The van der Waals surface area contributed by atoms with E-state index in [4.69, 9.17) is 21.1 Å². The quantitative estimate of drug-likeness (QED) is 0.247. The SMILES string of the molecule is COc1cc(/C=C2/SC(=O)N(CC(=O)Nc3ccc(C(C)C)cc3)C2=O)cc(Br)c1OCc1ccccc1Cl. The molecule has 1 aliphatic rings. The minimum atomic E-state index is -0.538. The number of carbonyl (C=O) groups excluding carboxylic acids is 3. The van der Waals surface area contributed by atoms with Gasteiger partial charge in [-0.25, -0.2) is 0 Å². The number of methoxy groups -OCH3 is 1. The van der Waals surface area contributed by atoms with Crippen LogP contribution in [0.3, 0.4) is 0 Å². The summed E-state index contributed by atoms with van der Waals surface area (Å²) < 4.78 is 12.1. The standard InChI is InChI=1S/C29H26BrClN2O5S/c1-17(2)19-8-10-21(11-9-19)32-26(34)15-33-28(35)25(39-29(33)36)14-18-12-22(30)27(24(13-18)37-3)38-16-20-6-4-5-7-23(20)31/h4-14,17H,15-16H2,1-3H3,(H,32,34)/b25-14+. The summed E-state index contributed by atoms with van der Waals surface area (Å²) in [4.78, 5) is 39.2. The fourth-order valence-corrected chi connectivity index (χ4v) is 5.41. The van der Waals surface area contributed by atoms with E-state index in [1.165, 1.54) is 7.11 Å². The van der Waals surface area contributed by atoms with Crippen LogP contribution < -0.4 is 14.8 Å². The second kappa shape index (κ2) is 12.7. The summed E-state index contributed by atoms with van der Waals surface area (Å²) in [5.41, 5.74) is 3.18. The lowest BCUT2D eigenvalue weighted by molar-refractivity contribution is -0.127. The van der Waals surface area contributed by atoms with Crippen LogP contribution in [-0.2, 0) is 16.2 Å². The van der Waals surface area contributed by atoms with Crippen LogP contribution in [0.1, 0.15) is 36.5 Å². The third-order valence-electron chi connectivity index (χ3n) is 5.92. The van der Waals surface area contributed by atoms with Crippen molar-refractivity contribution in [3.05, 3.63) is 91.8 Å². The Morgan fingerprint density at radius 3 is 2.51 bits per heavy atom. The summed E-state index contributed by atoms with van der Waals surface area (Å²) >= 11 is 10.5. The molecule has 1 heterocycles. The van der Waals surface area contributed by atoms with Crippen LogP contribution in [0.4, 0.5) is 10.5 Å². The number of anilines is 1. The van der Waals surface area contributed by atoms with Crippen LogP contribution in [0.5, 0.6) is 11.5 Å². The van der Waals surface area contributed by atoms with E-state index < -0.39 is 17.1 Å². The number of hydrogen-bond acceptors (Lipinski definition) is 6. The first-order chi connectivity index (χ1) is 18.7. The third-order valence-corrected chi connectivity index (χ3v) is 7.78. The third kappa shape index (κ3) is 7.03. The van der Waals surface area contributed by atoms with Crippen molar-refractivity contribution in [2.24, 2.45) is 0 Å². The number of amides is 3. The maximum atomic E-state index is 13.0. The lowest BCUT2D eigenvalue weighted by Gasteiger charge is -2.14. The minimum Gasteiger partial charge on any atom is -0.493 e. The predicted octanol–water partition coefficient (Wildman–Crippen LogP) is 7.49. The highest BCUT2D eigenvalue weighted by molar-refractivity contribution is 9.10. The highest BCUT2D eigenvalue weighted by Crippen LogP contribution is 2.39. The molecule has 0 bridgehead atoms. The number of benzene rings is 3. The van der Waals surface area contributed by atoms with Crippen molar-refractivity contribution in [3.8, 4) is 11.5 Å². The molecular formula is C29H26BrClN2O5S. The van der Waals surface area contributed by atoms with Gasteiger partial charge in [-0.2, -0.15) is 0 Å². The molecular weight excluding hydrogens is 604 g/mol. The monoisotopic (exact) mass is 628 g/mol. The van der Waals surface area contributed by atoms with Gasteiger partial charge in [0.2, 0.25) is 5.91 Å². The second-order valence-corrected chi connectivity index (χ2v) is 11.3. The average molecular weight is 630 g/mol. The molecule has 1 saturated heterocycles. The molecule has 0 unspecified atom stereocenters. The van der Waals surface area contributed by atoms with Gasteiger partial charge in [0.05, 0.1) is 16.5 Å². The van der Waals surface area contributed by atoms with Crippen LogP contribution in [0.2, 0.25) is 5.02 Å². The van der Waals surface area contributed by atoms with Gasteiger partial charge >= 0.3 is 0 Å². The highest BCUT2D eigenvalue weighted by Gasteiger charge is 2.36. The Bertz CT molecular complexity index is 1440. The molecule has 3 aromatic rings. The van der Waals surface area contributed by atoms with Crippen molar-refractivity contribution in [1.29, 1.82) is 0 Å². The Kier molecular flexibility index (Phi) is 9.37. The van der Waals surface area contributed by atoms with E-state index in [1.807, 2.05) is 30.3 Å². The Morgan fingerprint density at radius 1 is 1.13 bits per heavy atom. The zero-order valence-corrected chi connectivity index (χ0v) is 24.7. The number of nitrogens with zero attached hydrogens (tertiary/aromatic N) is 1. The molecule has 1 N–H and O–H groups in total. The molecule has 3 amide bonds. The van der Waals surface area contributed by atoms with Crippen molar-refractivity contribution in [3.63, 3.8) is 0 Å². The topological polar surface area (TPSA) is 84.9 Å². The summed E-state index contributed by atoms with van der Waals surface area (Å²) in [6.07, 6.45) is 1.58. The van der Waals surface area contributed by atoms with Crippen LogP contribution in [0, 0.1) is 0 Å². The van der Waals surface area contributed by atoms with Gasteiger partial charge in [-0.05, 0) is 81.1 Å². The van der Waals surface area contributed by atoms with Gasteiger partial charge in [-0.1, -0.05) is 55.8 Å². The number of nitrogens with one attached hydrogen (secondary N) is 1. The van der Waals surface area contributed by atoms with Gasteiger partial charge in [0, 0.05) is 16.3 Å². The second-order valence-electron chi connectivity index (χ2n) is 9.01. The predicted molar refractivity (Wildman–Crippen MR) is 158 cm³/mol. The van der Waals surface area contributed by atoms with Crippen molar-refractivity contribution >= 4 is 68.1 Å². The molecule has 10 heteroatoms. The molecule has 1 fully saturated rings. The van der Waals surface area contributed by atoms with E-state index in [1.54, 1.807) is 36.4 Å². The fraction of sp³-hybridized carbons (Fsp3) is 0.207. The molecule has 3 aromatic carbocycles. The van der Waals surface area contributed by atoms with Gasteiger partial charge < -0.3 is 14.8 Å². The number of carbonyl (C=O) groups is 3. The van der Waals surface area contributed by atoms with E-state index in [-0.39, 0.29) is 18.1 Å². The molecule has 0 spiro atoms. The average Bonchev–Trinajstić information content (AvgIpc) is 3.16. The largest absolute Gasteiger partial charge is 0.493 e. The fourth-order valence-electron chi connectivity index (χ4n) is 3.81. The summed E-state index contributed by atoms with van der Waals surface area (Å²) in [5.74, 6) is 0.282. The molecule has 0 aliphatic carbocycles.